The van der Waals surface area contributed by atoms with Crippen LogP contribution in [0.25, 0.3) is 0 Å². The third-order valence-electron chi connectivity index (χ3n) is 4.71. The van der Waals surface area contributed by atoms with Crippen molar-refractivity contribution in [2.24, 2.45) is 5.73 Å². The minimum atomic E-state index is -0.430. The first kappa shape index (κ1) is 19.0. The van der Waals surface area contributed by atoms with E-state index in [1.165, 1.54) is 4.90 Å². The number of thioether (sulfide) groups is 1. The lowest BCUT2D eigenvalue weighted by Crippen LogP contribution is -2.34. The Morgan fingerprint density at radius 1 is 0.962 bits per heavy atom. The molecule has 1 aromatic heterocycles. The van der Waals surface area contributed by atoms with Gasteiger partial charge in [0.2, 0.25) is 5.89 Å². The highest BCUT2D eigenvalue weighted by atomic mass is 35.5. The summed E-state index contributed by atoms with van der Waals surface area (Å²) in [5, 5.41) is 4.19. The fraction of sp³-hybridized carbons (Fsp3) is 0.300. The quantitative estimate of drug-likeness (QED) is 0.617. The van der Waals surface area contributed by atoms with E-state index in [-0.39, 0.29) is 17.7 Å². The second-order valence-corrected chi connectivity index (χ2v) is 7.72. The molecule has 4 nitrogen and oxygen atoms in total. The molecule has 0 spiro atoms. The van der Waals surface area contributed by atoms with E-state index in [1.54, 1.807) is 11.8 Å². The lowest BCUT2D eigenvalue weighted by atomic mass is 9.99. The molecule has 2 N–H and O–H groups in total. The van der Waals surface area contributed by atoms with Crippen LogP contribution < -0.4 is 5.73 Å². The van der Waals surface area contributed by atoms with Gasteiger partial charge in [-0.05, 0) is 30.5 Å². The molecule has 26 heavy (non-hydrogen) atoms. The smallest absolute Gasteiger partial charge is 0.244 e. The normalized spacial score (nSPS) is 16.8. The van der Waals surface area contributed by atoms with E-state index in [2.05, 4.69) is 29.4 Å². The molecule has 6 heteroatoms. The molecule has 1 aliphatic carbocycles. The molecule has 136 valence electrons. The van der Waals surface area contributed by atoms with Crippen LogP contribution >= 0.6 is 24.2 Å². The van der Waals surface area contributed by atoms with E-state index in [1.807, 2.05) is 36.4 Å². The van der Waals surface area contributed by atoms with Crippen LogP contribution in [-0.2, 0) is 5.54 Å². The summed E-state index contributed by atoms with van der Waals surface area (Å²) in [6.45, 7) is 0. The number of halogens is 1. The number of benzene rings is 2. The van der Waals surface area contributed by atoms with Gasteiger partial charge < -0.3 is 10.3 Å². The molecular weight excluding hydrogens is 366 g/mol. The van der Waals surface area contributed by atoms with Crippen LogP contribution in [0.4, 0.5) is 0 Å². The molecule has 1 unspecified atom stereocenters. The molecule has 1 aliphatic rings. The van der Waals surface area contributed by atoms with Crippen molar-refractivity contribution < 1.29 is 4.52 Å². The minimum absolute atomic E-state index is 0. The molecule has 1 fully saturated rings. The van der Waals surface area contributed by atoms with Gasteiger partial charge in [-0.25, -0.2) is 0 Å². The number of hydrogen-bond acceptors (Lipinski definition) is 5. The minimum Gasteiger partial charge on any atom is -0.338 e. The Kier molecular flexibility index (Phi) is 6.01. The molecule has 0 bridgehead atoms. The predicted octanol–water partition coefficient (Wildman–Crippen LogP) is 5.10. The topological polar surface area (TPSA) is 64.9 Å². The molecule has 2 aromatic carbocycles. The summed E-state index contributed by atoms with van der Waals surface area (Å²) >= 11 is 1.71. The lowest BCUT2D eigenvalue weighted by molar-refractivity contribution is 0.351. The largest absolute Gasteiger partial charge is 0.338 e. The van der Waals surface area contributed by atoms with Gasteiger partial charge in [-0.1, -0.05) is 66.5 Å². The van der Waals surface area contributed by atoms with Gasteiger partial charge in [0.1, 0.15) is 5.25 Å². The van der Waals surface area contributed by atoms with E-state index < -0.39 is 5.54 Å². The molecule has 1 saturated carbocycles. The average molecular weight is 388 g/mol. The summed E-state index contributed by atoms with van der Waals surface area (Å²) in [6.07, 6.45) is 4.10. The Morgan fingerprint density at radius 3 is 2.23 bits per heavy atom. The van der Waals surface area contributed by atoms with Gasteiger partial charge in [0.25, 0.3) is 0 Å². The van der Waals surface area contributed by atoms with Gasteiger partial charge in [0.05, 0.1) is 5.54 Å². The zero-order chi connectivity index (χ0) is 17.1. The zero-order valence-corrected chi connectivity index (χ0v) is 16.0. The first-order valence-electron chi connectivity index (χ1n) is 8.64. The molecular formula is C20H22ClN3OS. The van der Waals surface area contributed by atoms with E-state index in [0.29, 0.717) is 11.7 Å². The second-order valence-electron chi connectivity index (χ2n) is 6.54. The Labute approximate surface area is 164 Å². The summed E-state index contributed by atoms with van der Waals surface area (Å²) in [5.41, 5.74) is 7.21. The van der Waals surface area contributed by atoms with E-state index in [4.69, 9.17) is 15.2 Å². The fourth-order valence-electron chi connectivity index (χ4n) is 3.30. The number of hydrogen-bond donors (Lipinski definition) is 1. The maximum Gasteiger partial charge on any atom is 0.244 e. The lowest BCUT2D eigenvalue weighted by Gasteiger charge is -2.18. The number of nitrogens with zero attached hydrogens (tertiary/aromatic N) is 2. The molecule has 3 aromatic rings. The Hall–Kier alpha value is -1.82. The summed E-state index contributed by atoms with van der Waals surface area (Å²) in [6, 6.07) is 20.6. The zero-order valence-electron chi connectivity index (χ0n) is 14.4. The molecule has 1 heterocycles. The maximum atomic E-state index is 6.49. The van der Waals surface area contributed by atoms with Crippen molar-refractivity contribution in [1.82, 2.24) is 10.1 Å². The van der Waals surface area contributed by atoms with E-state index >= 15 is 0 Å². The van der Waals surface area contributed by atoms with Gasteiger partial charge >= 0.3 is 0 Å². The Bertz CT molecular complexity index is 819. The highest BCUT2D eigenvalue weighted by Crippen LogP contribution is 2.41. The maximum absolute atomic E-state index is 6.49. The summed E-state index contributed by atoms with van der Waals surface area (Å²) in [7, 11) is 0. The molecule has 0 amide bonds. The summed E-state index contributed by atoms with van der Waals surface area (Å²) in [5.74, 6) is 1.27. The molecule has 1 atom stereocenters. The van der Waals surface area contributed by atoms with Crippen molar-refractivity contribution in [3.63, 3.8) is 0 Å². The van der Waals surface area contributed by atoms with Gasteiger partial charge in [-0.3, -0.25) is 0 Å². The van der Waals surface area contributed by atoms with Crippen LogP contribution in [0.15, 0.2) is 70.1 Å². The van der Waals surface area contributed by atoms with Crippen LogP contribution in [0, 0.1) is 0 Å². The Morgan fingerprint density at radius 2 is 1.58 bits per heavy atom. The highest BCUT2D eigenvalue weighted by Gasteiger charge is 2.37. The molecule has 0 radical (unpaired) electrons. The van der Waals surface area contributed by atoms with Crippen LogP contribution in [0.3, 0.4) is 0 Å². The van der Waals surface area contributed by atoms with Crippen molar-refractivity contribution in [3.05, 3.63) is 77.9 Å². The van der Waals surface area contributed by atoms with Crippen LogP contribution in [-0.4, -0.2) is 10.1 Å². The van der Waals surface area contributed by atoms with E-state index in [9.17, 15) is 0 Å². The average Bonchev–Trinajstić information content (AvgIpc) is 3.32. The van der Waals surface area contributed by atoms with Crippen LogP contribution in [0.1, 0.15) is 48.2 Å². The highest BCUT2D eigenvalue weighted by molar-refractivity contribution is 7.99. The summed E-state index contributed by atoms with van der Waals surface area (Å²) in [4.78, 5) is 5.88. The number of nitrogens with two attached hydrogens (primary N) is 1. The second kappa shape index (κ2) is 8.25. The third kappa shape index (κ3) is 3.95. The number of rotatable bonds is 5. The van der Waals surface area contributed by atoms with Crippen molar-refractivity contribution in [1.29, 1.82) is 0 Å². The monoisotopic (exact) mass is 387 g/mol. The van der Waals surface area contributed by atoms with Crippen molar-refractivity contribution in [2.45, 2.75) is 41.4 Å². The van der Waals surface area contributed by atoms with Crippen LogP contribution in [0.2, 0.25) is 0 Å². The van der Waals surface area contributed by atoms with Crippen molar-refractivity contribution in [3.8, 4) is 0 Å². The SMILES string of the molecule is Cl.NC1(c2noc(C(Sc3ccccc3)c3ccccc3)n2)CCCC1. The Balaban J connectivity index is 0.00000196. The third-order valence-corrected chi connectivity index (χ3v) is 5.96. The van der Waals surface area contributed by atoms with Crippen molar-refractivity contribution >= 4 is 24.2 Å². The first-order valence-corrected chi connectivity index (χ1v) is 9.52. The van der Waals surface area contributed by atoms with Crippen LogP contribution in [0.5, 0.6) is 0 Å². The number of aromatic nitrogens is 2. The molecule has 0 saturated heterocycles. The van der Waals surface area contributed by atoms with Gasteiger partial charge in [-0.2, -0.15) is 4.98 Å². The van der Waals surface area contributed by atoms with Gasteiger partial charge in [-0.15, -0.1) is 24.2 Å². The predicted molar refractivity (Wildman–Crippen MR) is 106 cm³/mol. The van der Waals surface area contributed by atoms with Crippen molar-refractivity contribution in [2.75, 3.05) is 0 Å². The standard InChI is InChI=1S/C20H21N3OS.ClH/c21-20(13-7-8-14-20)19-22-18(24-23-19)17(15-9-3-1-4-10-15)25-16-11-5-2-6-12-16;/h1-6,9-12,17H,7-8,13-14,21H2;1H. The van der Waals surface area contributed by atoms with E-state index in [0.717, 1.165) is 31.2 Å². The first-order chi connectivity index (χ1) is 12.2. The van der Waals surface area contributed by atoms with Gasteiger partial charge in [0, 0.05) is 4.90 Å². The molecule has 4 rings (SSSR count). The van der Waals surface area contributed by atoms with Gasteiger partial charge in [0.15, 0.2) is 5.82 Å². The summed E-state index contributed by atoms with van der Waals surface area (Å²) < 4.78 is 5.67. The fourth-order valence-corrected chi connectivity index (χ4v) is 4.37. The molecule has 0 aliphatic heterocycles.